The van der Waals surface area contributed by atoms with Crippen molar-refractivity contribution in [1.29, 1.82) is 0 Å². The lowest BCUT2D eigenvalue weighted by Crippen LogP contribution is -2.14. The molecule has 3 aromatic rings. The summed E-state index contributed by atoms with van der Waals surface area (Å²) in [6, 6.07) is 10.2. The van der Waals surface area contributed by atoms with Gasteiger partial charge in [0.25, 0.3) is 10.0 Å². The van der Waals surface area contributed by atoms with Gasteiger partial charge in [-0.05, 0) is 46.6 Å². The van der Waals surface area contributed by atoms with Gasteiger partial charge in [-0.3, -0.25) is 9.40 Å². The molecule has 0 bridgehead atoms. The van der Waals surface area contributed by atoms with Crippen LogP contribution in [0, 0.1) is 18.6 Å². The van der Waals surface area contributed by atoms with Crippen molar-refractivity contribution >= 4 is 31.8 Å². The zero-order chi connectivity index (χ0) is 18.9. The highest BCUT2D eigenvalue weighted by Crippen LogP contribution is 2.24. The van der Waals surface area contributed by atoms with Crippen molar-refractivity contribution in [2.45, 2.75) is 18.4 Å². The lowest BCUT2D eigenvalue weighted by atomic mass is 10.1. The predicted octanol–water partition coefficient (Wildman–Crippen LogP) is 4.08. The molecule has 136 valence electrons. The number of aryl methyl sites for hydroxylation is 1. The molecular formula is C17H14BrF2N3O2S. The van der Waals surface area contributed by atoms with E-state index in [9.17, 15) is 17.2 Å². The molecule has 0 aliphatic heterocycles. The van der Waals surface area contributed by atoms with Crippen LogP contribution in [0.3, 0.4) is 0 Å². The van der Waals surface area contributed by atoms with Crippen LogP contribution in [-0.4, -0.2) is 18.2 Å². The Bertz CT molecular complexity index is 1050. The fourth-order valence-corrected chi connectivity index (χ4v) is 3.83. The van der Waals surface area contributed by atoms with Crippen molar-refractivity contribution in [1.82, 2.24) is 9.78 Å². The van der Waals surface area contributed by atoms with Crippen LogP contribution in [0.15, 0.2) is 58.0 Å². The van der Waals surface area contributed by atoms with E-state index in [1.165, 1.54) is 0 Å². The van der Waals surface area contributed by atoms with Gasteiger partial charge in [-0.1, -0.05) is 29.8 Å². The molecule has 1 heterocycles. The van der Waals surface area contributed by atoms with Crippen molar-refractivity contribution in [3.05, 3.63) is 75.9 Å². The number of halogens is 3. The first-order valence-corrected chi connectivity index (χ1v) is 9.78. The Hall–Kier alpha value is -2.26. The molecule has 2 aromatic carbocycles. The van der Waals surface area contributed by atoms with E-state index in [1.54, 1.807) is 10.9 Å². The van der Waals surface area contributed by atoms with Crippen LogP contribution in [0.4, 0.5) is 14.6 Å². The number of sulfonamides is 1. The number of hydrogen-bond donors (Lipinski definition) is 1. The van der Waals surface area contributed by atoms with E-state index >= 15 is 0 Å². The smallest absolute Gasteiger partial charge is 0.263 e. The third-order valence-electron chi connectivity index (χ3n) is 3.61. The van der Waals surface area contributed by atoms with Crippen LogP contribution < -0.4 is 4.72 Å². The molecule has 0 spiro atoms. The van der Waals surface area contributed by atoms with Crippen molar-refractivity contribution in [2.75, 3.05) is 4.72 Å². The molecule has 0 atom stereocenters. The zero-order valence-corrected chi connectivity index (χ0v) is 16.0. The summed E-state index contributed by atoms with van der Waals surface area (Å²) in [7, 11) is -4.10. The highest BCUT2D eigenvalue weighted by molar-refractivity contribution is 9.10. The van der Waals surface area contributed by atoms with Gasteiger partial charge in [-0.15, -0.1) is 0 Å². The molecule has 0 unspecified atom stereocenters. The fraction of sp³-hybridized carbons (Fsp3) is 0.118. The minimum Gasteiger partial charge on any atom is -0.265 e. The van der Waals surface area contributed by atoms with E-state index in [2.05, 4.69) is 25.8 Å². The lowest BCUT2D eigenvalue weighted by Gasteiger charge is -2.06. The SMILES string of the molecule is Cc1ccc(Cn2cc(Br)c(NS(=O)(=O)c3ccc(F)c(F)c3)n2)cc1. The molecular weight excluding hydrogens is 428 g/mol. The van der Waals surface area contributed by atoms with Gasteiger partial charge in [-0.2, -0.15) is 5.10 Å². The Morgan fingerprint density at radius 1 is 1.12 bits per heavy atom. The van der Waals surface area contributed by atoms with Gasteiger partial charge in [0.2, 0.25) is 0 Å². The van der Waals surface area contributed by atoms with Gasteiger partial charge in [0.1, 0.15) is 0 Å². The second kappa shape index (κ2) is 7.16. The van der Waals surface area contributed by atoms with Crippen LogP contribution in [0.1, 0.15) is 11.1 Å². The fourth-order valence-electron chi connectivity index (χ4n) is 2.26. The minimum atomic E-state index is -4.10. The molecule has 0 radical (unpaired) electrons. The van der Waals surface area contributed by atoms with E-state index < -0.39 is 26.6 Å². The number of nitrogens with zero attached hydrogens (tertiary/aromatic N) is 2. The summed E-state index contributed by atoms with van der Waals surface area (Å²) in [5.41, 5.74) is 2.14. The molecule has 26 heavy (non-hydrogen) atoms. The number of aromatic nitrogens is 2. The van der Waals surface area contributed by atoms with E-state index in [4.69, 9.17) is 0 Å². The molecule has 0 aliphatic carbocycles. The van der Waals surface area contributed by atoms with Gasteiger partial charge < -0.3 is 0 Å². The largest absolute Gasteiger partial charge is 0.265 e. The summed E-state index contributed by atoms with van der Waals surface area (Å²) in [4.78, 5) is -0.392. The van der Waals surface area contributed by atoms with Crippen molar-refractivity contribution in [2.24, 2.45) is 0 Å². The molecule has 3 rings (SSSR count). The Kier molecular flexibility index (Phi) is 5.10. The summed E-state index contributed by atoms with van der Waals surface area (Å²) in [6.07, 6.45) is 1.63. The Morgan fingerprint density at radius 2 is 1.81 bits per heavy atom. The number of nitrogens with one attached hydrogen (secondary N) is 1. The van der Waals surface area contributed by atoms with Crippen LogP contribution in [0.5, 0.6) is 0 Å². The average molecular weight is 442 g/mol. The Labute approximate surface area is 157 Å². The Morgan fingerprint density at radius 3 is 2.46 bits per heavy atom. The van der Waals surface area contributed by atoms with Crippen LogP contribution >= 0.6 is 15.9 Å². The maximum atomic E-state index is 13.3. The normalized spacial score (nSPS) is 11.5. The first-order valence-electron chi connectivity index (χ1n) is 7.51. The van der Waals surface area contributed by atoms with E-state index in [1.807, 2.05) is 31.2 Å². The Balaban J connectivity index is 1.82. The molecule has 0 aliphatic rings. The second-order valence-electron chi connectivity index (χ2n) is 5.69. The van der Waals surface area contributed by atoms with Gasteiger partial charge in [0.05, 0.1) is 15.9 Å². The van der Waals surface area contributed by atoms with Crippen molar-refractivity contribution in [3.63, 3.8) is 0 Å². The minimum absolute atomic E-state index is 0.0573. The number of hydrogen-bond acceptors (Lipinski definition) is 3. The summed E-state index contributed by atoms with van der Waals surface area (Å²) in [5.74, 6) is -2.30. The quantitative estimate of drug-likeness (QED) is 0.648. The topological polar surface area (TPSA) is 64.0 Å². The number of anilines is 1. The van der Waals surface area contributed by atoms with E-state index in [0.29, 0.717) is 17.1 Å². The summed E-state index contributed by atoms with van der Waals surface area (Å²) in [5, 5.41) is 4.19. The maximum Gasteiger partial charge on any atom is 0.263 e. The van der Waals surface area contributed by atoms with Crippen LogP contribution in [0.25, 0.3) is 0 Å². The molecule has 9 heteroatoms. The standard InChI is InChI=1S/C17H14BrF2N3O2S/c1-11-2-4-12(5-3-11)9-23-10-14(18)17(21-23)22-26(24,25)13-6-7-15(19)16(20)8-13/h2-8,10H,9H2,1H3,(H,21,22). The van der Waals surface area contributed by atoms with Gasteiger partial charge in [-0.25, -0.2) is 17.2 Å². The van der Waals surface area contributed by atoms with Crippen molar-refractivity contribution in [3.8, 4) is 0 Å². The van der Waals surface area contributed by atoms with Crippen LogP contribution in [0.2, 0.25) is 0 Å². The summed E-state index contributed by atoms with van der Waals surface area (Å²) in [6.45, 7) is 2.44. The number of benzene rings is 2. The lowest BCUT2D eigenvalue weighted by molar-refractivity contribution is 0.504. The first kappa shape index (κ1) is 18.5. The molecule has 0 saturated heterocycles. The molecule has 0 fully saturated rings. The monoisotopic (exact) mass is 441 g/mol. The average Bonchev–Trinajstić information content (AvgIpc) is 2.91. The molecule has 0 amide bonds. The van der Waals surface area contributed by atoms with Gasteiger partial charge >= 0.3 is 0 Å². The van der Waals surface area contributed by atoms with Crippen LogP contribution in [-0.2, 0) is 16.6 Å². The second-order valence-corrected chi connectivity index (χ2v) is 8.23. The molecule has 0 saturated carbocycles. The molecule has 1 aromatic heterocycles. The predicted molar refractivity (Wildman–Crippen MR) is 97.4 cm³/mol. The zero-order valence-electron chi connectivity index (χ0n) is 13.6. The highest BCUT2D eigenvalue weighted by Gasteiger charge is 2.20. The van der Waals surface area contributed by atoms with E-state index in [0.717, 1.165) is 23.3 Å². The summed E-state index contributed by atoms with van der Waals surface area (Å²) < 4.78 is 55.3. The van der Waals surface area contributed by atoms with Crippen molar-refractivity contribution < 1.29 is 17.2 Å². The summed E-state index contributed by atoms with van der Waals surface area (Å²) >= 11 is 3.25. The number of rotatable bonds is 5. The van der Waals surface area contributed by atoms with Gasteiger partial charge in [0, 0.05) is 6.20 Å². The maximum absolute atomic E-state index is 13.3. The molecule has 5 nitrogen and oxygen atoms in total. The third kappa shape index (κ3) is 4.10. The highest BCUT2D eigenvalue weighted by atomic mass is 79.9. The third-order valence-corrected chi connectivity index (χ3v) is 5.53. The molecule has 1 N–H and O–H groups in total. The first-order chi connectivity index (χ1) is 12.2. The van der Waals surface area contributed by atoms with E-state index in [-0.39, 0.29) is 5.82 Å². The van der Waals surface area contributed by atoms with Gasteiger partial charge in [0.15, 0.2) is 17.5 Å².